The summed E-state index contributed by atoms with van der Waals surface area (Å²) in [7, 11) is 1.51. The first kappa shape index (κ1) is 19.0. The molecule has 0 spiro atoms. The lowest BCUT2D eigenvalue weighted by Crippen LogP contribution is -2.11. The Morgan fingerprint density at radius 1 is 1.18 bits per heavy atom. The number of benzene rings is 1. The van der Waals surface area contributed by atoms with Crippen LogP contribution in [0.5, 0.6) is 0 Å². The second-order valence-corrected chi connectivity index (χ2v) is 5.75. The van der Waals surface area contributed by atoms with E-state index in [1.54, 1.807) is 23.3 Å². The Bertz CT molecular complexity index is 1010. The van der Waals surface area contributed by atoms with E-state index in [0.29, 0.717) is 11.3 Å². The lowest BCUT2D eigenvalue weighted by Gasteiger charge is -2.03. The fourth-order valence-electron chi connectivity index (χ4n) is 2.53. The number of nitrogens with zero attached hydrogens (tertiary/aromatic N) is 4. The van der Waals surface area contributed by atoms with Crippen LogP contribution in [-0.2, 0) is 14.3 Å². The van der Waals surface area contributed by atoms with Gasteiger partial charge in [0.25, 0.3) is 0 Å². The molecule has 0 N–H and O–H groups in total. The number of ether oxygens (including phenoxy) is 2. The van der Waals surface area contributed by atoms with Gasteiger partial charge in [0, 0.05) is 36.8 Å². The molecule has 0 atom stereocenters. The highest BCUT2D eigenvalue weighted by atomic mass is 16.6. The number of methoxy groups -OCH3 is 1. The number of nitriles is 1. The summed E-state index contributed by atoms with van der Waals surface area (Å²) in [5.41, 5.74) is 2.82. The van der Waals surface area contributed by atoms with Crippen molar-refractivity contribution in [2.75, 3.05) is 20.3 Å². The minimum atomic E-state index is -0.701. The molecule has 0 fully saturated rings. The van der Waals surface area contributed by atoms with Crippen molar-refractivity contribution in [3.8, 4) is 23.0 Å². The topological polar surface area (TPSA) is 90.0 Å². The van der Waals surface area contributed by atoms with Crippen molar-refractivity contribution in [1.29, 1.82) is 5.26 Å². The standard InChI is InChI=1S/C21H18N4O3/c1-27-11-12-28-21(26)17(14-22)13-18-15-25(19-5-3-2-4-6-19)24-20(18)16-7-9-23-10-8-16/h2-10,13,15H,11-12H2,1H3/b17-13+. The largest absolute Gasteiger partial charge is 0.459 e. The molecular weight excluding hydrogens is 356 g/mol. The van der Waals surface area contributed by atoms with Crippen LogP contribution in [-0.4, -0.2) is 41.1 Å². The number of hydrogen-bond donors (Lipinski definition) is 0. The van der Waals surface area contributed by atoms with E-state index in [4.69, 9.17) is 9.47 Å². The maximum Gasteiger partial charge on any atom is 0.348 e. The monoisotopic (exact) mass is 374 g/mol. The van der Waals surface area contributed by atoms with Crippen LogP contribution in [0.4, 0.5) is 0 Å². The van der Waals surface area contributed by atoms with Crippen molar-refractivity contribution in [3.63, 3.8) is 0 Å². The van der Waals surface area contributed by atoms with E-state index >= 15 is 0 Å². The SMILES string of the molecule is COCCOC(=O)/C(C#N)=C/c1cn(-c2ccccc2)nc1-c1ccncc1. The molecule has 0 saturated carbocycles. The van der Waals surface area contributed by atoms with E-state index in [2.05, 4.69) is 10.1 Å². The molecule has 0 bridgehead atoms. The summed E-state index contributed by atoms with van der Waals surface area (Å²) in [5.74, 6) is -0.701. The average Bonchev–Trinajstić information content (AvgIpc) is 3.17. The lowest BCUT2D eigenvalue weighted by molar-refractivity contribution is -0.139. The van der Waals surface area contributed by atoms with Crippen LogP contribution in [0.1, 0.15) is 5.56 Å². The second kappa shape index (κ2) is 9.26. The third-order valence-electron chi connectivity index (χ3n) is 3.88. The Hall–Kier alpha value is -3.76. The maximum absolute atomic E-state index is 12.2. The number of hydrogen-bond acceptors (Lipinski definition) is 6. The van der Waals surface area contributed by atoms with Gasteiger partial charge < -0.3 is 9.47 Å². The van der Waals surface area contributed by atoms with Gasteiger partial charge in [0.15, 0.2) is 0 Å². The predicted molar refractivity (Wildman–Crippen MR) is 103 cm³/mol. The van der Waals surface area contributed by atoms with E-state index in [1.807, 2.05) is 48.5 Å². The third-order valence-corrected chi connectivity index (χ3v) is 3.88. The summed E-state index contributed by atoms with van der Waals surface area (Å²) in [6, 6.07) is 15.1. The van der Waals surface area contributed by atoms with Crippen molar-refractivity contribution in [1.82, 2.24) is 14.8 Å². The van der Waals surface area contributed by atoms with E-state index in [0.717, 1.165) is 11.3 Å². The molecule has 7 nitrogen and oxygen atoms in total. The molecule has 140 valence electrons. The van der Waals surface area contributed by atoms with Gasteiger partial charge >= 0.3 is 5.97 Å². The molecule has 7 heteroatoms. The number of aromatic nitrogens is 3. The van der Waals surface area contributed by atoms with Crippen LogP contribution in [0, 0.1) is 11.3 Å². The zero-order valence-corrected chi connectivity index (χ0v) is 15.3. The summed E-state index contributed by atoms with van der Waals surface area (Å²) in [6.07, 6.45) is 6.57. The van der Waals surface area contributed by atoms with Crippen LogP contribution in [0.2, 0.25) is 0 Å². The van der Waals surface area contributed by atoms with Gasteiger partial charge in [-0.1, -0.05) is 18.2 Å². The molecule has 0 aliphatic carbocycles. The molecule has 0 unspecified atom stereocenters. The Kier molecular flexibility index (Phi) is 6.29. The highest BCUT2D eigenvalue weighted by Gasteiger charge is 2.16. The maximum atomic E-state index is 12.2. The van der Waals surface area contributed by atoms with Crippen molar-refractivity contribution in [2.24, 2.45) is 0 Å². The molecule has 0 amide bonds. The van der Waals surface area contributed by atoms with Gasteiger partial charge in [-0.3, -0.25) is 4.98 Å². The zero-order chi connectivity index (χ0) is 19.8. The smallest absolute Gasteiger partial charge is 0.348 e. The Morgan fingerprint density at radius 2 is 1.93 bits per heavy atom. The molecule has 0 aliphatic heterocycles. The summed E-state index contributed by atoms with van der Waals surface area (Å²) in [4.78, 5) is 16.2. The molecule has 0 saturated heterocycles. The third kappa shape index (κ3) is 4.50. The van der Waals surface area contributed by atoms with Gasteiger partial charge in [-0.2, -0.15) is 10.4 Å². The first-order valence-corrected chi connectivity index (χ1v) is 8.56. The first-order chi connectivity index (χ1) is 13.7. The van der Waals surface area contributed by atoms with Gasteiger partial charge in [0.2, 0.25) is 0 Å². The Labute approximate surface area is 162 Å². The highest BCUT2D eigenvalue weighted by molar-refractivity contribution is 5.98. The average molecular weight is 374 g/mol. The summed E-state index contributed by atoms with van der Waals surface area (Å²) in [5, 5.41) is 14.0. The van der Waals surface area contributed by atoms with Crippen LogP contribution in [0.25, 0.3) is 23.0 Å². The lowest BCUT2D eigenvalue weighted by atomic mass is 10.1. The molecule has 3 aromatic rings. The van der Waals surface area contributed by atoms with Crippen molar-refractivity contribution in [2.45, 2.75) is 0 Å². The number of pyridine rings is 1. The van der Waals surface area contributed by atoms with Crippen molar-refractivity contribution >= 4 is 12.0 Å². The van der Waals surface area contributed by atoms with Crippen LogP contribution in [0.3, 0.4) is 0 Å². The minimum absolute atomic E-state index is 0.0782. The van der Waals surface area contributed by atoms with Crippen molar-refractivity contribution < 1.29 is 14.3 Å². The van der Waals surface area contributed by atoms with Crippen LogP contribution < -0.4 is 0 Å². The van der Waals surface area contributed by atoms with Gasteiger partial charge in [-0.05, 0) is 30.3 Å². The molecule has 3 rings (SSSR count). The number of rotatable bonds is 7. The van der Waals surface area contributed by atoms with E-state index in [1.165, 1.54) is 13.2 Å². The molecule has 28 heavy (non-hydrogen) atoms. The fourth-order valence-corrected chi connectivity index (χ4v) is 2.53. The molecule has 2 aromatic heterocycles. The number of carbonyl (C=O) groups is 1. The summed E-state index contributed by atoms with van der Waals surface area (Å²) >= 11 is 0. The van der Waals surface area contributed by atoms with E-state index in [9.17, 15) is 10.1 Å². The normalized spacial score (nSPS) is 11.1. The molecule has 1 aromatic carbocycles. The predicted octanol–water partition coefficient (Wildman–Crippen LogP) is 3.03. The van der Waals surface area contributed by atoms with Gasteiger partial charge in [-0.15, -0.1) is 0 Å². The van der Waals surface area contributed by atoms with Crippen molar-refractivity contribution in [3.05, 3.63) is 72.2 Å². The van der Waals surface area contributed by atoms with Crippen LogP contribution in [0.15, 0.2) is 66.6 Å². The Morgan fingerprint density at radius 3 is 2.61 bits per heavy atom. The molecule has 0 radical (unpaired) electrons. The Balaban J connectivity index is 2.02. The molecule has 0 aliphatic rings. The number of carbonyl (C=O) groups excluding carboxylic acids is 1. The fraction of sp³-hybridized carbons (Fsp3) is 0.143. The quantitative estimate of drug-likeness (QED) is 0.273. The highest BCUT2D eigenvalue weighted by Crippen LogP contribution is 2.25. The zero-order valence-electron chi connectivity index (χ0n) is 15.3. The first-order valence-electron chi connectivity index (χ1n) is 8.56. The van der Waals surface area contributed by atoms with E-state index < -0.39 is 5.97 Å². The van der Waals surface area contributed by atoms with Crippen LogP contribution >= 0.6 is 0 Å². The van der Waals surface area contributed by atoms with Gasteiger partial charge in [0.05, 0.1) is 12.3 Å². The summed E-state index contributed by atoms with van der Waals surface area (Å²) < 4.78 is 11.6. The number of esters is 1. The molecular formula is C21H18N4O3. The minimum Gasteiger partial charge on any atom is -0.459 e. The number of para-hydroxylation sites is 1. The van der Waals surface area contributed by atoms with E-state index in [-0.39, 0.29) is 18.8 Å². The summed E-state index contributed by atoms with van der Waals surface area (Å²) in [6.45, 7) is 0.341. The van der Waals surface area contributed by atoms with Gasteiger partial charge in [0.1, 0.15) is 23.9 Å². The van der Waals surface area contributed by atoms with Gasteiger partial charge in [-0.25, -0.2) is 9.48 Å². The molecule has 2 heterocycles. The second-order valence-electron chi connectivity index (χ2n) is 5.75.